The van der Waals surface area contributed by atoms with Gasteiger partial charge in [0.2, 0.25) is 0 Å². The average Bonchev–Trinajstić information content (AvgIpc) is 3.02. The molecule has 0 unspecified atom stereocenters. The molecule has 0 saturated heterocycles. The first-order chi connectivity index (χ1) is 21.1. The predicted molar refractivity (Wildman–Crippen MR) is 166 cm³/mol. The molecule has 0 aromatic heterocycles. The first-order valence-corrected chi connectivity index (χ1v) is 16.0. The summed E-state index contributed by atoms with van der Waals surface area (Å²) in [4.78, 5) is 15.2. The van der Waals surface area contributed by atoms with Crippen molar-refractivity contribution in [3.63, 3.8) is 0 Å². The molecular formula is C35H36NO6P. The molecule has 43 heavy (non-hydrogen) atoms. The largest absolute Gasteiger partial charge is 0.646 e. The lowest BCUT2D eigenvalue weighted by molar-refractivity contribution is 0.0722. The molecule has 1 atom stereocenters. The first-order valence-electron chi connectivity index (χ1n) is 14.6. The fraction of sp³-hybridized carbons (Fsp3) is 0.229. The Morgan fingerprint density at radius 2 is 1.23 bits per heavy atom. The number of carbonyl (C=O) groups excluding carboxylic acids is 1. The fourth-order valence-electron chi connectivity index (χ4n) is 4.94. The zero-order valence-electron chi connectivity index (χ0n) is 24.0. The van der Waals surface area contributed by atoms with Gasteiger partial charge < -0.3 is 23.2 Å². The number of ether oxygens (including phenoxy) is 1. The van der Waals surface area contributed by atoms with Crippen molar-refractivity contribution >= 4 is 13.9 Å². The zero-order chi connectivity index (χ0) is 29.7. The second-order valence-corrected chi connectivity index (χ2v) is 11.7. The maximum absolute atomic E-state index is 13.9. The second kappa shape index (κ2) is 15.1. The fourth-order valence-corrected chi connectivity index (χ4v) is 6.26. The summed E-state index contributed by atoms with van der Waals surface area (Å²) in [6.45, 7) is 0.672. The molecule has 0 saturated carbocycles. The molecule has 0 heterocycles. The third-order valence-corrected chi connectivity index (χ3v) is 8.39. The first kappa shape index (κ1) is 30.0. The van der Waals surface area contributed by atoms with Gasteiger partial charge in [0.1, 0.15) is 23.9 Å². The number of phosphoric ester groups is 1. The Hall–Kier alpha value is -4.48. The van der Waals surface area contributed by atoms with Gasteiger partial charge in [0.25, 0.3) is 0 Å². The van der Waals surface area contributed by atoms with E-state index in [1.54, 1.807) is 48.5 Å². The number of benzene rings is 4. The molecule has 0 spiro atoms. The van der Waals surface area contributed by atoms with E-state index in [0.717, 1.165) is 17.5 Å². The molecule has 0 aliphatic heterocycles. The lowest BCUT2D eigenvalue weighted by Crippen LogP contribution is -2.40. The van der Waals surface area contributed by atoms with E-state index in [1.165, 1.54) is 0 Å². The number of nitrogens with zero attached hydrogens (tertiary/aromatic N) is 1. The lowest BCUT2D eigenvalue weighted by Gasteiger charge is -2.32. The minimum atomic E-state index is -4.05. The van der Waals surface area contributed by atoms with Gasteiger partial charge >= 0.3 is 13.9 Å². The van der Waals surface area contributed by atoms with Gasteiger partial charge in [-0.05, 0) is 67.2 Å². The molecule has 1 amide bonds. The molecule has 0 fully saturated rings. The quantitative estimate of drug-likeness (QED) is 0.160. The van der Waals surface area contributed by atoms with Gasteiger partial charge in [0.15, 0.2) is 0 Å². The van der Waals surface area contributed by atoms with Crippen LogP contribution in [0.2, 0.25) is 0 Å². The topological polar surface area (TPSA) is 74.3 Å². The number of para-hydroxylation sites is 2. The normalized spacial score (nSPS) is 16.5. The van der Waals surface area contributed by atoms with Crippen LogP contribution in [0.3, 0.4) is 0 Å². The van der Waals surface area contributed by atoms with Gasteiger partial charge in [-0.3, -0.25) is 0 Å². The molecule has 1 aliphatic rings. The van der Waals surface area contributed by atoms with E-state index in [2.05, 4.69) is 0 Å². The Morgan fingerprint density at radius 3 is 1.81 bits per heavy atom. The van der Waals surface area contributed by atoms with Gasteiger partial charge in [0.05, 0.1) is 0 Å². The maximum atomic E-state index is 13.9. The highest BCUT2D eigenvalue weighted by molar-refractivity contribution is 7.49. The van der Waals surface area contributed by atoms with Crippen LogP contribution in [0.4, 0.5) is 4.79 Å². The number of carbonyl (C=O) groups is 1. The van der Waals surface area contributed by atoms with Crippen molar-refractivity contribution in [1.29, 1.82) is 0 Å². The molecule has 4 aromatic carbocycles. The van der Waals surface area contributed by atoms with Crippen molar-refractivity contribution in [2.75, 3.05) is 0 Å². The van der Waals surface area contributed by atoms with E-state index in [1.807, 2.05) is 83.8 Å². The Morgan fingerprint density at radius 1 is 0.698 bits per heavy atom. The van der Waals surface area contributed by atoms with E-state index in [0.29, 0.717) is 49.5 Å². The molecular weight excluding hydrogens is 561 g/mol. The summed E-state index contributed by atoms with van der Waals surface area (Å²) < 4.78 is 37.3. The van der Waals surface area contributed by atoms with Crippen LogP contribution in [0.1, 0.15) is 43.2 Å². The van der Waals surface area contributed by atoms with E-state index in [9.17, 15) is 9.36 Å². The van der Waals surface area contributed by atoms with E-state index >= 15 is 0 Å². The summed E-state index contributed by atoms with van der Waals surface area (Å²) in [7, 11) is -4.05. The van der Waals surface area contributed by atoms with Gasteiger partial charge in [-0.25, -0.2) is 4.79 Å². The lowest BCUT2D eigenvalue weighted by atomic mass is 9.98. The highest BCUT2D eigenvalue weighted by Gasteiger charge is 2.34. The Balaban J connectivity index is 1.28. The molecule has 0 radical (unpaired) electrons. The standard InChI is InChI=1S/C35H36NO6P/c37-35(39-28-30-17-7-2-8-18-30)36(27-29-15-5-1-6-16-29)31-19-13-25-34(26-14-20-31)42-43(38,40-32-21-9-3-10-22-32)41-33-23-11-4-12-24-33/h1-12,15-18,21-25,31H,13-14,19-20,26-28H2/b34-25+/t31-/m0/s1. The molecule has 8 heteroatoms. The predicted octanol–water partition coefficient (Wildman–Crippen LogP) is 9.32. The molecule has 7 nitrogen and oxygen atoms in total. The summed E-state index contributed by atoms with van der Waals surface area (Å²) >= 11 is 0. The van der Waals surface area contributed by atoms with Crippen molar-refractivity contribution in [2.45, 2.75) is 51.3 Å². The highest BCUT2D eigenvalue weighted by atomic mass is 31.2. The van der Waals surface area contributed by atoms with Crippen LogP contribution in [0.15, 0.2) is 133 Å². The second-order valence-electron chi connectivity index (χ2n) is 10.3. The zero-order valence-corrected chi connectivity index (χ0v) is 24.9. The summed E-state index contributed by atoms with van der Waals surface area (Å²) in [5.41, 5.74) is 1.98. The van der Waals surface area contributed by atoms with Crippen molar-refractivity contribution in [1.82, 2.24) is 4.90 Å². The van der Waals surface area contributed by atoms with Crippen LogP contribution in [-0.2, 0) is 27.0 Å². The van der Waals surface area contributed by atoms with E-state index in [4.69, 9.17) is 18.3 Å². The Labute approximate surface area is 253 Å². The van der Waals surface area contributed by atoms with Crippen molar-refractivity contribution in [3.05, 3.63) is 144 Å². The number of hydrogen-bond donors (Lipinski definition) is 0. The summed E-state index contributed by atoms with van der Waals surface area (Å²) in [5.74, 6) is 1.33. The number of phosphoric acid groups is 1. The molecule has 0 N–H and O–H groups in total. The number of amides is 1. The van der Waals surface area contributed by atoms with E-state index in [-0.39, 0.29) is 18.7 Å². The van der Waals surface area contributed by atoms with Crippen LogP contribution in [0.5, 0.6) is 11.5 Å². The van der Waals surface area contributed by atoms with Crippen LogP contribution >= 0.6 is 7.82 Å². The summed E-state index contributed by atoms with van der Waals surface area (Å²) in [6, 6.07) is 37.3. The van der Waals surface area contributed by atoms with Crippen LogP contribution in [-0.4, -0.2) is 17.0 Å². The van der Waals surface area contributed by atoms with Crippen LogP contribution < -0.4 is 9.05 Å². The number of rotatable bonds is 11. The summed E-state index contributed by atoms with van der Waals surface area (Å²) in [6.07, 6.45) is 4.88. The molecule has 5 rings (SSSR count). The highest BCUT2D eigenvalue weighted by Crippen LogP contribution is 2.52. The minimum absolute atomic E-state index is 0.0331. The van der Waals surface area contributed by atoms with Crippen molar-refractivity contribution in [2.24, 2.45) is 0 Å². The molecule has 4 aromatic rings. The average molecular weight is 598 g/mol. The third kappa shape index (κ3) is 9.25. The smallest absolute Gasteiger partial charge is 0.445 e. The molecule has 1 aliphatic carbocycles. The maximum Gasteiger partial charge on any atom is 0.646 e. The van der Waals surface area contributed by atoms with Crippen molar-refractivity contribution < 1.29 is 27.7 Å². The van der Waals surface area contributed by atoms with Gasteiger partial charge in [-0.2, -0.15) is 4.57 Å². The Kier molecular flexibility index (Phi) is 10.5. The molecule has 0 bridgehead atoms. The van der Waals surface area contributed by atoms with Crippen LogP contribution in [0.25, 0.3) is 0 Å². The third-order valence-electron chi connectivity index (χ3n) is 7.06. The van der Waals surface area contributed by atoms with Gasteiger partial charge in [-0.1, -0.05) is 97.1 Å². The van der Waals surface area contributed by atoms with Crippen LogP contribution in [0, 0.1) is 0 Å². The SMILES string of the molecule is O=C(OCc1ccccc1)N(Cc1ccccc1)[C@H]1CC/C=C(/OP(=O)(Oc2ccccc2)Oc2ccccc2)CCC1. The van der Waals surface area contributed by atoms with Crippen molar-refractivity contribution in [3.8, 4) is 11.5 Å². The number of allylic oxidation sites excluding steroid dienone is 2. The minimum Gasteiger partial charge on any atom is -0.445 e. The monoisotopic (exact) mass is 597 g/mol. The van der Waals surface area contributed by atoms with Gasteiger partial charge in [-0.15, -0.1) is 0 Å². The van der Waals surface area contributed by atoms with Gasteiger partial charge in [0, 0.05) is 19.0 Å². The summed E-state index contributed by atoms with van der Waals surface area (Å²) in [5, 5.41) is 0. The Bertz CT molecular complexity index is 1450. The molecule has 222 valence electrons. The van der Waals surface area contributed by atoms with E-state index < -0.39 is 7.82 Å². The number of hydrogen-bond acceptors (Lipinski definition) is 6.